The van der Waals surface area contributed by atoms with Gasteiger partial charge in [-0.3, -0.25) is 4.98 Å². The minimum Gasteiger partial charge on any atom is -0.467 e. The molecular weight excluding hydrogens is 252 g/mol. The van der Waals surface area contributed by atoms with Gasteiger partial charge >= 0.3 is 0 Å². The number of furan rings is 1. The molecule has 17 heavy (non-hydrogen) atoms. The van der Waals surface area contributed by atoms with E-state index in [1.54, 1.807) is 18.7 Å². The van der Waals surface area contributed by atoms with E-state index in [1.165, 1.54) is 0 Å². The molecule has 0 bridgehead atoms. The summed E-state index contributed by atoms with van der Waals surface area (Å²) in [5.74, 6) is 0.871. The van der Waals surface area contributed by atoms with E-state index in [4.69, 9.17) is 16.6 Å². The summed E-state index contributed by atoms with van der Waals surface area (Å²) in [6.07, 6.45) is 5.19. The topological polar surface area (TPSA) is 29.3 Å². The van der Waals surface area contributed by atoms with Crippen molar-refractivity contribution < 1.29 is 4.42 Å². The van der Waals surface area contributed by atoms with Gasteiger partial charge in [0.2, 0.25) is 0 Å². The first-order valence-corrected chi connectivity index (χ1v) is 6.00. The molecule has 2 aromatic rings. The predicted molar refractivity (Wildman–Crippen MR) is 73.8 cm³/mol. The highest BCUT2D eigenvalue weighted by molar-refractivity contribution is 8.10. The standard InChI is InChI=1S/C12H12N2OS2/c16-12(17)14(9-11-2-1-7-15-11)8-10-3-5-13-6-4-10/h1-7H,8-9H2,(H,16,17). The molecule has 2 aromatic heterocycles. The van der Waals surface area contributed by atoms with Gasteiger partial charge < -0.3 is 9.32 Å². The number of nitrogens with zero attached hydrogens (tertiary/aromatic N) is 2. The molecule has 88 valence electrons. The number of hydrogen-bond donors (Lipinski definition) is 1. The van der Waals surface area contributed by atoms with Gasteiger partial charge in [0.05, 0.1) is 12.8 Å². The number of thiocarbonyl (C=S) groups is 1. The van der Waals surface area contributed by atoms with Gasteiger partial charge in [0.15, 0.2) is 0 Å². The van der Waals surface area contributed by atoms with Gasteiger partial charge in [-0.05, 0) is 29.8 Å². The molecule has 0 spiro atoms. The van der Waals surface area contributed by atoms with Crippen LogP contribution in [0.4, 0.5) is 0 Å². The smallest absolute Gasteiger partial charge is 0.133 e. The molecule has 0 aliphatic carbocycles. The number of rotatable bonds is 4. The minimum atomic E-state index is 0.554. The first kappa shape index (κ1) is 12.1. The molecule has 0 fully saturated rings. The quantitative estimate of drug-likeness (QED) is 0.679. The van der Waals surface area contributed by atoms with Crippen LogP contribution in [0.3, 0.4) is 0 Å². The maximum Gasteiger partial charge on any atom is 0.133 e. The van der Waals surface area contributed by atoms with E-state index in [1.807, 2.05) is 29.2 Å². The molecular formula is C12H12N2OS2. The average Bonchev–Trinajstić information content (AvgIpc) is 2.82. The molecule has 0 aromatic carbocycles. The fourth-order valence-electron chi connectivity index (χ4n) is 1.49. The van der Waals surface area contributed by atoms with Gasteiger partial charge in [-0.25, -0.2) is 0 Å². The van der Waals surface area contributed by atoms with Crippen molar-refractivity contribution >= 4 is 29.2 Å². The average molecular weight is 264 g/mol. The Hall–Kier alpha value is -1.33. The molecule has 0 saturated heterocycles. The van der Waals surface area contributed by atoms with Crippen LogP contribution in [0.25, 0.3) is 0 Å². The Kier molecular flexibility index (Phi) is 4.17. The van der Waals surface area contributed by atoms with E-state index in [9.17, 15) is 0 Å². The van der Waals surface area contributed by atoms with E-state index >= 15 is 0 Å². The summed E-state index contributed by atoms with van der Waals surface area (Å²) >= 11 is 9.36. The lowest BCUT2D eigenvalue weighted by Gasteiger charge is -2.21. The van der Waals surface area contributed by atoms with Crippen LogP contribution in [0.1, 0.15) is 11.3 Å². The fourth-order valence-corrected chi connectivity index (χ4v) is 1.76. The third-order valence-corrected chi connectivity index (χ3v) is 2.86. The predicted octanol–water partition coefficient (Wildman–Crippen LogP) is 2.89. The van der Waals surface area contributed by atoms with Crippen LogP contribution in [0.5, 0.6) is 0 Å². The summed E-state index contributed by atoms with van der Waals surface area (Å²) in [7, 11) is 0. The van der Waals surface area contributed by atoms with E-state index in [0.29, 0.717) is 17.4 Å². The summed E-state index contributed by atoms with van der Waals surface area (Å²) in [4.78, 5) is 5.95. The lowest BCUT2D eigenvalue weighted by Crippen LogP contribution is -2.24. The molecule has 0 aliphatic heterocycles. The molecule has 0 amide bonds. The van der Waals surface area contributed by atoms with Crippen molar-refractivity contribution in [1.29, 1.82) is 0 Å². The van der Waals surface area contributed by atoms with E-state index < -0.39 is 0 Å². The summed E-state index contributed by atoms with van der Waals surface area (Å²) in [6, 6.07) is 7.70. The molecule has 3 nitrogen and oxygen atoms in total. The molecule has 2 heterocycles. The van der Waals surface area contributed by atoms with Crippen LogP contribution in [-0.2, 0) is 13.1 Å². The maximum absolute atomic E-state index is 5.30. The Morgan fingerprint density at radius 3 is 2.65 bits per heavy atom. The SMILES string of the molecule is S=C(S)N(Cc1ccncc1)Cc1ccco1. The Bertz CT molecular complexity index is 471. The van der Waals surface area contributed by atoms with Crippen molar-refractivity contribution in [3.63, 3.8) is 0 Å². The number of hydrogen-bond acceptors (Lipinski definition) is 3. The van der Waals surface area contributed by atoms with Crippen LogP contribution in [-0.4, -0.2) is 14.2 Å². The highest BCUT2D eigenvalue weighted by atomic mass is 32.1. The van der Waals surface area contributed by atoms with Gasteiger partial charge in [-0.2, -0.15) is 0 Å². The van der Waals surface area contributed by atoms with Crippen LogP contribution in [0, 0.1) is 0 Å². The first-order chi connectivity index (χ1) is 8.25. The second-order valence-electron chi connectivity index (χ2n) is 3.57. The van der Waals surface area contributed by atoms with Crippen molar-refractivity contribution in [2.75, 3.05) is 0 Å². The summed E-state index contributed by atoms with van der Waals surface area (Å²) in [5.41, 5.74) is 1.14. The zero-order valence-corrected chi connectivity index (χ0v) is 10.8. The van der Waals surface area contributed by atoms with Crippen molar-refractivity contribution in [3.8, 4) is 0 Å². The third kappa shape index (κ3) is 3.57. The van der Waals surface area contributed by atoms with Gasteiger partial charge in [0.25, 0.3) is 0 Å². The zero-order chi connectivity index (χ0) is 12.1. The van der Waals surface area contributed by atoms with E-state index in [-0.39, 0.29) is 0 Å². The molecule has 5 heteroatoms. The lowest BCUT2D eigenvalue weighted by atomic mass is 10.2. The van der Waals surface area contributed by atoms with Gasteiger partial charge in [0.1, 0.15) is 10.1 Å². The molecule has 0 saturated carbocycles. The second-order valence-corrected chi connectivity index (χ2v) is 4.69. The lowest BCUT2D eigenvalue weighted by molar-refractivity contribution is 0.366. The highest BCUT2D eigenvalue weighted by Gasteiger charge is 2.09. The highest BCUT2D eigenvalue weighted by Crippen LogP contribution is 2.12. The molecule has 2 rings (SSSR count). The van der Waals surface area contributed by atoms with E-state index in [0.717, 1.165) is 11.3 Å². The molecule has 0 atom stereocenters. The van der Waals surface area contributed by atoms with Crippen LogP contribution in [0.15, 0.2) is 47.3 Å². The largest absolute Gasteiger partial charge is 0.467 e. The Morgan fingerprint density at radius 1 is 1.29 bits per heavy atom. The zero-order valence-electron chi connectivity index (χ0n) is 9.11. The minimum absolute atomic E-state index is 0.554. The van der Waals surface area contributed by atoms with E-state index in [2.05, 4.69) is 17.6 Å². The Morgan fingerprint density at radius 2 is 2.06 bits per heavy atom. The van der Waals surface area contributed by atoms with Gasteiger partial charge in [-0.1, -0.05) is 12.2 Å². The van der Waals surface area contributed by atoms with Crippen molar-refractivity contribution in [3.05, 3.63) is 54.2 Å². The van der Waals surface area contributed by atoms with Gasteiger partial charge in [0, 0.05) is 18.9 Å². The summed E-state index contributed by atoms with van der Waals surface area (Å²) < 4.78 is 5.86. The molecule has 0 N–H and O–H groups in total. The third-order valence-electron chi connectivity index (χ3n) is 2.32. The van der Waals surface area contributed by atoms with Gasteiger partial charge in [-0.15, -0.1) is 12.6 Å². The van der Waals surface area contributed by atoms with Crippen LogP contribution >= 0.6 is 24.8 Å². The fraction of sp³-hybridized carbons (Fsp3) is 0.167. The summed E-state index contributed by atoms with van der Waals surface area (Å²) in [5, 5.41) is 0. The number of thiol groups is 1. The summed E-state index contributed by atoms with van der Waals surface area (Å²) in [6.45, 7) is 1.32. The number of aromatic nitrogens is 1. The molecule has 0 unspecified atom stereocenters. The first-order valence-electron chi connectivity index (χ1n) is 5.15. The number of pyridine rings is 1. The normalized spacial score (nSPS) is 10.2. The maximum atomic E-state index is 5.30. The van der Waals surface area contributed by atoms with Crippen LogP contribution < -0.4 is 0 Å². The molecule has 0 radical (unpaired) electrons. The molecule has 0 aliphatic rings. The Labute approximate surface area is 111 Å². The van der Waals surface area contributed by atoms with Crippen molar-refractivity contribution in [2.24, 2.45) is 0 Å². The second kappa shape index (κ2) is 5.84. The monoisotopic (exact) mass is 264 g/mol. The Balaban J connectivity index is 2.06. The van der Waals surface area contributed by atoms with Crippen molar-refractivity contribution in [2.45, 2.75) is 13.1 Å². The van der Waals surface area contributed by atoms with Crippen molar-refractivity contribution in [1.82, 2.24) is 9.88 Å². The van der Waals surface area contributed by atoms with Crippen LogP contribution in [0.2, 0.25) is 0 Å².